The molecule has 1 heterocycles. The Kier molecular flexibility index (Phi) is 2.71. The van der Waals surface area contributed by atoms with E-state index < -0.39 is 0 Å². The molecule has 0 amide bonds. The molecular formula is C6H10ClN3. The highest BCUT2D eigenvalue weighted by Crippen LogP contribution is 2.04. The Morgan fingerprint density at radius 3 is 3.10 bits per heavy atom. The highest BCUT2D eigenvalue weighted by atomic mass is 35.5. The number of nitrogens with zero attached hydrogens (tertiary/aromatic N) is 2. The van der Waals surface area contributed by atoms with Crippen molar-refractivity contribution in [1.29, 1.82) is 0 Å². The summed E-state index contributed by atoms with van der Waals surface area (Å²) in [4.78, 5) is 0. The summed E-state index contributed by atoms with van der Waals surface area (Å²) in [6.45, 7) is 2.19. The Hall–Kier alpha value is -0.540. The van der Waals surface area contributed by atoms with Gasteiger partial charge in [0.15, 0.2) is 0 Å². The van der Waals surface area contributed by atoms with E-state index in [1.54, 1.807) is 6.21 Å². The van der Waals surface area contributed by atoms with Gasteiger partial charge in [-0.15, -0.1) is 0 Å². The van der Waals surface area contributed by atoms with E-state index in [0.717, 1.165) is 13.1 Å². The van der Waals surface area contributed by atoms with Crippen LogP contribution in [-0.2, 0) is 0 Å². The fourth-order valence-corrected chi connectivity index (χ4v) is 0.840. The number of hydrogen-bond acceptors (Lipinski definition) is 3. The van der Waals surface area contributed by atoms with E-state index in [9.17, 15) is 0 Å². The van der Waals surface area contributed by atoms with E-state index in [2.05, 4.69) is 5.10 Å². The van der Waals surface area contributed by atoms with Crippen molar-refractivity contribution in [2.24, 2.45) is 10.8 Å². The average molecular weight is 160 g/mol. The summed E-state index contributed by atoms with van der Waals surface area (Å²) < 4.78 is 0. The van der Waals surface area contributed by atoms with Crippen LogP contribution in [0, 0.1) is 0 Å². The van der Waals surface area contributed by atoms with E-state index in [0.29, 0.717) is 11.6 Å². The third-order valence-electron chi connectivity index (χ3n) is 1.23. The topological polar surface area (TPSA) is 41.6 Å². The SMILES string of the molecule is NCCN1CC=C(Cl)C=N1. The monoisotopic (exact) mass is 159 g/mol. The summed E-state index contributed by atoms with van der Waals surface area (Å²) in [5, 5.41) is 6.60. The Morgan fingerprint density at radius 2 is 2.60 bits per heavy atom. The minimum absolute atomic E-state index is 0.628. The maximum atomic E-state index is 5.64. The first-order chi connectivity index (χ1) is 4.83. The number of hydrogen-bond donors (Lipinski definition) is 1. The highest BCUT2D eigenvalue weighted by molar-refractivity contribution is 6.39. The van der Waals surface area contributed by atoms with Gasteiger partial charge in [-0.2, -0.15) is 5.10 Å². The van der Waals surface area contributed by atoms with Gasteiger partial charge in [-0.3, -0.25) is 5.01 Å². The predicted octanol–water partition coefficient (Wildman–Crippen LogP) is 0.369. The molecule has 0 aromatic rings. The molecule has 0 aliphatic carbocycles. The molecule has 0 aromatic heterocycles. The quantitative estimate of drug-likeness (QED) is 0.633. The van der Waals surface area contributed by atoms with Gasteiger partial charge in [-0.1, -0.05) is 11.6 Å². The Balaban J connectivity index is 2.37. The molecule has 4 heteroatoms. The van der Waals surface area contributed by atoms with Gasteiger partial charge in [0, 0.05) is 13.1 Å². The zero-order valence-corrected chi connectivity index (χ0v) is 6.38. The first-order valence-electron chi connectivity index (χ1n) is 3.17. The molecule has 0 saturated heterocycles. The van der Waals surface area contributed by atoms with Gasteiger partial charge < -0.3 is 5.73 Å². The molecule has 0 bridgehead atoms. The number of nitrogens with two attached hydrogens (primary N) is 1. The number of halogens is 1. The molecule has 3 nitrogen and oxygen atoms in total. The minimum Gasteiger partial charge on any atom is -0.329 e. The van der Waals surface area contributed by atoms with Crippen LogP contribution in [0.1, 0.15) is 0 Å². The van der Waals surface area contributed by atoms with Gasteiger partial charge in [-0.25, -0.2) is 0 Å². The maximum absolute atomic E-state index is 5.64. The summed E-state index contributed by atoms with van der Waals surface area (Å²) in [7, 11) is 0. The van der Waals surface area contributed by atoms with Gasteiger partial charge >= 0.3 is 0 Å². The number of hydrazone groups is 1. The fraction of sp³-hybridized carbons (Fsp3) is 0.500. The van der Waals surface area contributed by atoms with Crippen LogP contribution in [0.15, 0.2) is 16.2 Å². The van der Waals surface area contributed by atoms with Crippen molar-refractivity contribution >= 4 is 17.8 Å². The van der Waals surface area contributed by atoms with Gasteiger partial charge in [0.2, 0.25) is 0 Å². The van der Waals surface area contributed by atoms with Crippen LogP contribution in [0.25, 0.3) is 0 Å². The van der Waals surface area contributed by atoms with Gasteiger partial charge in [0.25, 0.3) is 0 Å². The van der Waals surface area contributed by atoms with Crippen LogP contribution >= 0.6 is 11.6 Å². The van der Waals surface area contributed by atoms with Crippen molar-refractivity contribution in [3.8, 4) is 0 Å². The Bertz CT molecular complexity index is 164. The second-order valence-corrected chi connectivity index (χ2v) is 2.47. The summed E-state index contributed by atoms with van der Waals surface area (Å²) in [6.07, 6.45) is 3.53. The first kappa shape index (κ1) is 7.57. The largest absolute Gasteiger partial charge is 0.329 e. The standard InChI is InChI=1S/C6H10ClN3/c7-6-1-3-10(4-2-8)9-5-6/h1,5H,2-4,8H2. The lowest BCUT2D eigenvalue weighted by Gasteiger charge is -2.18. The molecule has 0 aromatic carbocycles. The zero-order chi connectivity index (χ0) is 7.40. The van der Waals surface area contributed by atoms with Gasteiger partial charge in [-0.05, 0) is 6.08 Å². The average Bonchev–Trinajstić information content (AvgIpc) is 1.95. The summed E-state index contributed by atoms with van der Waals surface area (Å²) in [5.74, 6) is 0. The molecule has 0 radical (unpaired) electrons. The van der Waals surface area contributed by atoms with Crippen molar-refractivity contribution in [2.45, 2.75) is 0 Å². The summed E-state index contributed by atoms with van der Waals surface area (Å²) in [6, 6.07) is 0. The summed E-state index contributed by atoms with van der Waals surface area (Å²) in [5.41, 5.74) is 5.32. The van der Waals surface area contributed by atoms with Crippen molar-refractivity contribution in [2.75, 3.05) is 19.6 Å². The number of allylic oxidation sites excluding steroid dienone is 1. The fourth-order valence-electron chi connectivity index (χ4n) is 0.727. The van der Waals surface area contributed by atoms with Crippen molar-refractivity contribution in [3.63, 3.8) is 0 Å². The van der Waals surface area contributed by atoms with E-state index >= 15 is 0 Å². The van der Waals surface area contributed by atoms with Crippen LogP contribution in [0.2, 0.25) is 0 Å². The molecule has 1 aliphatic heterocycles. The molecular weight excluding hydrogens is 150 g/mol. The Labute approximate surface area is 65.1 Å². The predicted molar refractivity (Wildman–Crippen MR) is 43.1 cm³/mol. The van der Waals surface area contributed by atoms with Crippen molar-refractivity contribution in [3.05, 3.63) is 11.1 Å². The first-order valence-corrected chi connectivity index (χ1v) is 3.55. The zero-order valence-electron chi connectivity index (χ0n) is 5.63. The molecule has 0 fully saturated rings. The van der Waals surface area contributed by atoms with Crippen LogP contribution in [-0.4, -0.2) is 30.9 Å². The van der Waals surface area contributed by atoms with E-state index in [-0.39, 0.29) is 0 Å². The third-order valence-corrected chi connectivity index (χ3v) is 1.48. The molecule has 0 spiro atoms. The maximum Gasteiger partial charge on any atom is 0.0654 e. The van der Waals surface area contributed by atoms with Gasteiger partial charge in [0.05, 0.1) is 17.8 Å². The van der Waals surface area contributed by atoms with E-state index in [1.807, 2.05) is 11.1 Å². The van der Waals surface area contributed by atoms with Crippen LogP contribution in [0.4, 0.5) is 0 Å². The molecule has 2 N–H and O–H groups in total. The lowest BCUT2D eigenvalue weighted by Crippen LogP contribution is -2.26. The molecule has 10 heavy (non-hydrogen) atoms. The smallest absolute Gasteiger partial charge is 0.0654 e. The number of rotatable bonds is 2. The summed E-state index contributed by atoms with van der Waals surface area (Å²) >= 11 is 5.64. The van der Waals surface area contributed by atoms with Crippen LogP contribution in [0.5, 0.6) is 0 Å². The second-order valence-electron chi connectivity index (χ2n) is 2.03. The molecule has 0 saturated carbocycles. The molecule has 56 valence electrons. The van der Waals surface area contributed by atoms with E-state index in [1.165, 1.54) is 0 Å². The second kappa shape index (κ2) is 3.58. The van der Waals surface area contributed by atoms with Crippen LogP contribution in [0.3, 0.4) is 0 Å². The molecule has 0 unspecified atom stereocenters. The lowest BCUT2D eigenvalue weighted by molar-refractivity contribution is 0.327. The van der Waals surface area contributed by atoms with Crippen molar-refractivity contribution in [1.82, 2.24) is 5.01 Å². The van der Waals surface area contributed by atoms with Gasteiger partial charge in [0.1, 0.15) is 0 Å². The lowest BCUT2D eigenvalue weighted by atomic mass is 10.4. The van der Waals surface area contributed by atoms with Crippen LogP contribution < -0.4 is 5.73 Å². The third kappa shape index (κ3) is 2.01. The van der Waals surface area contributed by atoms with Crippen molar-refractivity contribution < 1.29 is 0 Å². The molecule has 1 aliphatic rings. The minimum atomic E-state index is 0.628. The molecule has 0 atom stereocenters. The normalized spacial score (nSPS) is 17.4. The van der Waals surface area contributed by atoms with E-state index in [4.69, 9.17) is 17.3 Å². The highest BCUT2D eigenvalue weighted by Gasteiger charge is 2.01. The molecule has 1 rings (SSSR count). The Morgan fingerprint density at radius 1 is 1.80 bits per heavy atom.